The van der Waals surface area contributed by atoms with Gasteiger partial charge in [0.05, 0.1) is 21.4 Å². The molecule has 0 saturated heterocycles. The van der Waals surface area contributed by atoms with Crippen molar-refractivity contribution in [3.63, 3.8) is 0 Å². The van der Waals surface area contributed by atoms with Crippen molar-refractivity contribution in [2.24, 2.45) is 0 Å². The van der Waals surface area contributed by atoms with Crippen molar-refractivity contribution in [1.29, 1.82) is 0 Å². The highest BCUT2D eigenvalue weighted by Crippen LogP contribution is 2.41. The summed E-state index contributed by atoms with van der Waals surface area (Å²) in [4.78, 5) is 3.58. The monoisotopic (exact) mass is 423 g/mol. The molecule has 5 rings (SSSR count). The predicted molar refractivity (Wildman–Crippen MR) is 119 cm³/mol. The first-order valence-corrected chi connectivity index (χ1v) is 10.4. The van der Waals surface area contributed by atoms with Gasteiger partial charge in [0.15, 0.2) is 0 Å². The third-order valence-corrected chi connectivity index (χ3v) is 6.28. The number of benzene rings is 2. The number of hydrogen-bond donors (Lipinski definition) is 2. The van der Waals surface area contributed by atoms with Gasteiger partial charge in [-0.25, -0.2) is 0 Å². The molecule has 3 nitrogen and oxygen atoms in total. The summed E-state index contributed by atoms with van der Waals surface area (Å²) < 4.78 is 1.29. The van der Waals surface area contributed by atoms with Crippen molar-refractivity contribution in [2.45, 2.75) is 6.92 Å². The number of aryl methyl sites for hydroxylation is 1. The quantitative estimate of drug-likeness (QED) is 0.308. The van der Waals surface area contributed by atoms with E-state index in [9.17, 15) is 0 Å². The molecule has 0 radical (unpaired) electrons. The Bertz CT molecular complexity index is 1300. The van der Waals surface area contributed by atoms with Crippen LogP contribution in [0.4, 0.5) is 0 Å². The van der Waals surface area contributed by atoms with Crippen LogP contribution in [0.15, 0.2) is 60.7 Å². The van der Waals surface area contributed by atoms with Crippen LogP contribution in [0.25, 0.3) is 44.7 Å². The van der Waals surface area contributed by atoms with Crippen molar-refractivity contribution in [1.82, 2.24) is 15.2 Å². The van der Waals surface area contributed by atoms with Gasteiger partial charge in [-0.05, 0) is 36.8 Å². The molecule has 0 fully saturated rings. The van der Waals surface area contributed by atoms with E-state index in [0.717, 1.165) is 44.7 Å². The molecule has 2 aromatic carbocycles. The summed E-state index contributed by atoms with van der Waals surface area (Å²) in [5, 5.41) is 8.86. The fraction of sp³-hybridized carbons (Fsp3) is 0.0455. The molecule has 3 aromatic heterocycles. The molecule has 138 valence electrons. The van der Waals surface area contributed by atoms with Crippen LogP contribution in [0.5, 0.6) is 0 Å². The maximum absolute atomic E-state index is 6.33. The average Bonchev–Trinajstić information content (AvgIpc) is 3.38. The summed E-state index contributed by atoms with van der Waals surface area (Å²) >= 11 is 13.8. The van der Waals surface area contributed by atoms with Crippen LogP contribution < -0.4 is 0 Å². The Morgan fingerprint density at radius 1 is 0.964 bits per heavy atom. The minimum atomic E-state index is 0.640. The molecule has 0 saturated carbocycles. The Morgan fingerprint density at radius 2 is 1.79 bits per heavy atom. The molecule has 5 aromatic rings. The molecule has 3 heterocycles. The van der Waals surface area contributed by atoms with Gasteiger partial charge in [-0.3, -0.25) is 5.10 Å². The Labute approximate surface area is 176 Å². The summed E-state index contributed by atoms with van der Waals surface area (Å²) in [6.45, 7) is 2.10. The number of halogens is 2. The summed E-state index contributed by atoms with van der Waals surface area (Å²) in [5.74, 6) is 0. The normalized spacial score (nSPS) is 11.4. The maximum Gasteiger partial charge on any atom is 0.104 e. The molecule has 0 bridgehead atoms. The van der Waals surface area contributed by atoms with Gasteiger partial charge in [-0.2, -0.15) is 5.10 Å². The molecule has 6 heteroatoms. The van der Waals surface area contributed by atoms with E-state index >= 15 is 0 Å². The van der Waals surface area contributed by atoms with E-state index in [1.54, 1.807) is 0 Å². The highest BCUT2D eigenvalue weighted by atomic mass is 35.5. The Balaban J connectivity index is 1.74. The van der Waals surface area contributed by atoms with Gasteiger partial charge in [0.25, 0.3) is 0 Å². The van der Waals surface area contributed by atoms with E-state index < -0.39 is 0 Å². The number of thiophene rings is 1. The molecule has 0 atom stereocenters. The third-order valence-electron chi connectivity index (χ3n) is 4.80. The number of rotatable bonds is 3. The van der Waals surface area contributed by atoms with Gasteiger partial charge in [-0.1, -0.05) is 65.2 Å². The van der Waals surface area contributed by atoms with Crippen LogP contribution in [-0.2, 0) is 0 Å². The van der Waals surface area contributed by atoms with Gasteiger partial charge in [0.2, 0.25) is 0 Å². The van der Waals surface area contributed by atoms with E-state index in [2.05, 4.69) is 52.4 Å². The minimum Gasteiger partial charge on any atom is -0.354 e. The molecule has 2 N–H and O–H groups in total. The summed E-state index contributed by atoms with van der Waals surface area (Å²) in [6.07, 6.45) is 0. The first-order valence-electron chi connectivity index (χ1n) is 8.79. The lowest BCUT2D eigenvalue weighted by molar-refractivity contribution is 1.10. The van der Waals surface area contributed by atoms with Crippen LogP contribution in [0.3, 0.4) is 0 Å². The third kappa shape index (κ3) is 2.94. The Kier molecular flexibility index (Phi) is 4.27. The van der Waals surface area contributed by atoms with Crippen LogP contribution in [0, 0.1) is 6.92 Å². The molecular formula is C22H15Cl2N3S. The van der Waals surface area contributed by atoms with Crippen molar-refractivity contribution in [3.8, 4) is 33.8 Å². The Morgan fingerprint density at radius 3 is 2.54 bits per heavy atom. The lowest BCUT2D eigenvalue weighted by Crippen LogP contribution is -1.83. The topological polar surface area (TPSA) is 44.5 Å². The number of nitrogens with zero attached hydrogens (tertiary/aromatic N) is 1. The van der Waals surface area contributed by atoms with Gasteiger partial charge < -0.3 is 4.98 Å². The van der Waals surface area contributed by atoms with Gasteiger partial charge in [0.1, 0.15) is 4.34 Å². The van der Waals surface area contributed by atoms with E-state index in [0.29, 0.717) is 8.67 Å². The largest absolute Gasteiger partial charge is 0.354 e. The average molecular weight is 424 g/mol. The lowest BCUT2D eigenvalue weighted by atomic mass is 10.0. The second-order valence-corrected chi connectivity index (χ2v) is 8.98. The van der Waals surface area contributed by atoms with Crippen LogP contribution in [0.2, 0.25) is 8.67 Å². The molecule has 0 aliphatic rings. The van der Waals surface area contributed by atoms with E-state index in [-0.39, 0.29) is 0 Å². The lowest BCUT2D eigenvalue weighted by Gasteiger charge is -2.03. The second kappa shape index (κ2) is 6.82. The van der Waals surface area contributed by atoms with E-state index in [4.69, 9.17) is 23.2 Å². The number of hydrogen-bond acceptors (Lipinski definition) is 2. The second-order valence-electron chi connectivity index (χ2n) is 6.69. The zero-order valence-corrected chi connectivity index (χ0v) is 17.2. The summed E-state index contributed by atoms with van der Waals surface area (Å²) in [5.41, 5.74) is 8.14. The molecule has 0 unspecified atom stereocenters. The highest BCUT2D eigenvalue weighted by molar-refractivity contribution is 7.20. The Hall–Kier alpha value is -2.53. The molecule has 0 spiro atoms. The first kappa shape index (κ1) is 17.6. The molecular weight excluding hydrogens is 409 g/mol. The summed E-state index contributed by atoms with van der Waals surface area (Å²) in [7, 11) is 0. The predicted octanol–water partition coefficient (Wildman–Crippen LogP) is 7.57. The zero-order valence-electron chi connectivity index (χ0n) is 14.9. The smallest absolute Gasteiger partial charge is 0.104 e. The molecule has 28 heavy (non-hydrogen) atoms. The molecule has 0 aliphatic carbocycles. The van der Waals surface area contributed by atoms with Crippen LogP contribution in [-0.4, -0.2) is 15.2 Å². The van der Waals surface area contributed by atoms with Crippen molar-refractivity contribution >= 4 is 45.4 Å². The summed E-state index contributed by atoms with van der Waals surface area (Å²) in [6, 6.07) is 20.6. The number of aromatic nitrogens is 3. The van der Waals surface area contributed by atoms with Crippen molar-refractivity contribution < 1.29 is 0 Å². The van der Waals surface area contributed by atoms with Crippen LogP contribution >= 0.6 is 34.5 Å². The fourth-order valence-electron chi connectivity index (χ4n) is 3.51. The highest BCUT2D eigenvalue weighted by Gasteiger charge is 2.19. The van der Waals surface area contributed by atoms with Gasteiger partial charge in [0, 0.05) is 22.0 Å². The van der Waals surface area contributed by atoms with Crippen LogP contribution in [0.1, 0.15) is 5.56 Å². The van der Waals surface area contributed by atoms with Crippen molar-refractivity contribution in [2.75, 3.05) is 0 Å². The fourth-order valence-corrected chi connectivity index (χ4v) is 4.99. The number of aromatic amines is 2. The number of nitrogens with one attached hydrogen (secondary N) is 2. The molecule has 0 aliphatic heterocycles. The van der Waals surface area contributed by atoms with E-state index in [1.807, 2.05) is 30.3 Å². The van der Waals surface area contributed by atoms with E-state index in [1.165, 1.54) is 16.9 Å². The van der Waals surface area contributed by atoms with Gasteiger partial charge in [-0.15, -0.1) is 11.3 Å². The standard InChI is InChI=1S/C22H15Cl2N3S/c1-12-7-8-16-14(9-12)20(21(25-16)13-5-3-2-4-6-13)18-11-17(26-27-18)15-10-19(23)28-22(15)24/h2-11,25H,1H3,(H,26,27). The van der Waals surface area contributed by atoms with Crippen molar-refractivity contribution in [3.05, 3.63) is 74.9 Å². The number of H-pyrrole nitrogens is 2. The minimum absolute atomic E-state index is 0.640. The first-order chi connectivity index (χ1) is 13.6. The maximum atomic E-state index is 6.33. The zero-order chi connectivity index (χ0) is 19.3. The SMILES string of the molecule is Cc1ccc2[nH]c(-c3ccccc3)c(-c3cc(-c4cc(Cl)sc4Cl)n[nH]3)c2c1. The number of fused-ring (bicyclic) bond motifs is 1. The molecule has 0 amide bonds. The van der Waals surface area contributed by atoms with Gasteiger partial charge >= 0.3 is 0 Å².